The maximum atomic E-state index is 8.91. The summed E-state index contributed by atoms with van der Waals surface area (Å²) in [6.45, 7) is 5.97. The summed E-state index contributed by atoms with van der Waals surface area (Å²) < 4.78 is 1.85. The molecule has 98 valence electrons. The smallest absolute Gasteiger partial charge is 0.152 e. The fourth-order valence-electron chi connectivity index (χ4n) is 1.86. The predicted octanol–water partition coefficient (Wildman–Crippen LogP) is 2.97. The molecule has 0 aliphatic rings. The van der Waals surface area contributed by atoms with E-state index < -0.39 is 0 Å². The van der Waals surface area contributed by atoms with Gasteiger partial charge in [0.25, 0.3) is 0 Å². The van der Waals surface area contributed by atoms with Crippen LogP contribution in [-0.2, 0) is 0 Å². The number of hydrogen-bond acceptors (Lipinski definition) is 4. The molecule has 3 N–H and O–H groups in total. The highest BCUT2D eigenvalue weighted by molar-refractivity contribution is 5.71. The van der Waals surface area contributed by atoms with Crippen molar-refractivity contribution < 1.29 is 0 Å². The summed E-state index contributed by atoms with van der Waals surface area (Å²) in [6.07, 6.45) is 0. The molecule has 0 saturated heterocycles. The van der Waals surface area contributed by atoms with E-state index in [1.54, 1.807) is 12.1 Å². The Bertz CT molecular complexity index is 634. The van der Waals surface area contributed by atoms with Gasteiger partial charge in [0, 0.05) is 11.7 Å². The molecule has 0 saturated carbocycles. The van der Waals surface area contributed by atoms with Crippen molar-refractivity contribution in [2.75, 3.05) is 11.1 Å². The van der Waals surface area contributed by atoms with Gasteiger partial charge in [0.2, 0.25) is 0 Å². The van der Waals surface area contributed by atoms with Crippen LogP contribution in [0.1, 0.15) is 31.1 Å². The summed E-state index contributed by atoms with van der Waals surface area (Å²) in [5, 5.41) is 16.6. The number of nitrogen functional groups attached to an aromatic ring is 1. The van der Waals surface area contributed by atoms with Crippen molar-refractivity contribution >= 4 is 17.2 Å². The van der Waals surface area contributed by atoms with E-state index in [9.17, 15) is 0 Å². The Morgan fingerprint density at radius 1 is 1.42 bits per heavy atom. The lowest BCUT2D eigenvalue weighted by Gasteiger charge is -2.13. The van der Waals surface area contributed by atoms with Crippen molar-refractivity contribution in [3.05, 3.63) is 35.5 Å². The average molecular weight is 255 g/mol. The van der Waals surface area contributed by atoms with Crippen LogP contribution in [0.2, 0.25) is 0 Å². The molecule has 2 rings (SSSR count). The van der Waals surface area contributed by atoms with Crippen LogP contribution in [0.15, 0.2) is 24.3 Å². The largest absolute Gasteiger partial charge is 0.394 e. The van der Waals surface area contributed by atoms with E-state index in [1.807, 2.05) is 37.6 Å². The molecule has 0 spiro atoms. The van der Waals surface area contributed by atoms with Gasteiger partial charge in [-0.2, -0.15) is 10.4 Å². The summed E-state index contributed by atoms with van der Waals surface area (Å²) in [7, 11) is 0. The third kappa shape index (κ3) is 2.52. The van der Waals surface area contributed by atoms with E-state index in [2.05, 4.69) is 16.5 Å². The molecule has 2 aromatic rings. The summed E-state index contributed by atoms with van der Waals surface area (Å²) in [5.74, 6) is 0.766. The fourth-order valence-corrected chi connectivity index (χ4v) is 1.86. The molecule has 0 radical (unpaired) electrons. The monoisotopic (exact) mass is 255 g/mol. The van der Waals surface area contributed by atoms with Gasteiger partial charge in [-0.25, -0.2) is 4.68 Å². The third-order valence-corrected chi connectivity index (χ3v) is 2.88. The number of hydrogen-bond donors (Lipinski definition) is 2. The van der Waals surface area contributed by atoms with Crippen molar-refractivity contribution in [1.82, 2.24) is 9.78 Å². The third-order valence-electron chi connectivity index (χ3n) is 2.88. The lowest BCUT2D eigenvalue weighted by molar-refractivity contribution is 0.536. The molecule has 1 heterocycles. The Balaban J connectivity index is 2.40. The van der Waals surface area contributed by atoms with Gasteiger partial charge < -0.3 is 11.1 Å². The Hall–Kier alpha value is -2.48. The Kier molecular flexibility index (Phi) is 3.43. The number of anilines is 3. The molecule has 19 heavy (non-hydrogen) atoms. The van der Waals surface area contributed by atoms with Crippen LogP contribution in [0, 0.1) is 18.3 Å². The number of nitriles is 1. The van der Waals surface area contributed by atoms with Crippen molar-refractivity contribution in [3.63, 3.8) is 0 Å². The molecule has 0 fully saturated rings. The quantitative estimate of drug-likeness (QED) is 0.883. The molecule has 1 aromatic carbocycles. The van der Waals surface area contributed by atoms with Crippen LogP contribution in [0.3, 0.4) is 0 Å². The highest BCUT2D eigenvalue weighted by Gasteiger charge is 2.14. The second-order valence-electron chi connectivity index (χ2n) is 4.70. The minimum Gasteiger partial charge on any atom is -0.394 e. The predicted molar refractivity (Wildman–Crippen MR) is 76.2 cm³/mol. The van der Waals surface area contributed by atoms with Crippen LogP contribution in [0.25, 0.3) is 0 Å². The molecule has 0 bridgehead atoms. The van der Waals surface area contributed by atoms with Gasteiger partial charge in [0.15, 0.2) is 5.82 Å². The van der Waals surface area contributed by atoms with E-state index in [4.69, 9.17) is 11.0 Å². The first-order valence-electron chi connectivity index (χ1n) is 6.14. The number of aryl methyl sites for hydroxylation is 1. The lowest BCUT2D eigenvalue weighted by atomic mass is 10.2. The summed E-state index contributed by atoms with van der Waals surface area (Å²) in [6, 6.07) is 9.60. The standard InChI is InChI=1S/C14H17N5/c1-9(2)19-14(13(16)10(3)18-19)17-12-6-4-5-11(7-12)8-15/h4-7,9,17H,16H2,1-3H3. The van der Waals surface area contributed by atoms with Gasteiger partial charge in [-0.05, 0) is 39.0 Å². The van der Waals surface area contributed by atoms with Crippen LogP contribution < -0.4 is 11.1 Å². The van der Waals surface area contributed by atoms with Crippen LogP contribution in [0.5, 0.6) is 0 Å². The zero-order valence-electron chi connectivity index (χ0n) is 11.3. The summed E-state index contributed by atoms with van der Waals surface area (Å²) in [5.41, 5.74) is 8.92. The molecule has 0 aliphatic carbocycles. The Morgan fingerprint density at radius 2 is 2.16 bits per heavy atom. The van der Waals surface area contributed by atoms with Crippen LogP contribution in [0.4, 0.5) is 17.2 Å². The van der Waals surface area contributed by atoms with E-state index in [0.717, 1.165) is 17.2 Å². The number of nitrogens with zero attached hydrogens (tertiary/aromatic N) is 3. The van der Waals surface area contributed by atoms with Crippen LogP contribution in [-0.4, -0.2) is 9.78 Å². The molecule has 0 aliphatic heterocycles. The molecular formula is C14H17N5. The second-order valence-corrected chi connectivity index (χ2v) is 4.70. The topological polar surface area (TPSA) is 79.7 Å². The Labute approximate surface area is 112 Å². The van der Waals surface area contributed by atoms with Gasteiger partial charge in [0.05, 0.1) is 23.0 Å². The fraction of sp³-hybridized carbons (Fsp3) is 0.286. The molecular weight excluding hydrogens is 238 g/mol. The van der Waals surface area contributed by atoms with Crippen molar-refractivity contribution in [3.8, 4) is 6.07 Å². The van der Waals surface area contributed by atoms with Gasteiger partial charge in [-0.15, -0.1) is 0 Å². The maximum Gasteiger partial charge on any atom is 0.152 e. The first-order valence-corrected chi connectivity index (χ1v) is 6.14. The normalized spacial score (nSPS) is 10.5. The van der Waals surface area contributed by atoms with E-state index in [-0.39, 0.29) is 6.04 Å². The average Bonchev–Trinajstić information content (AvgIpc) is 2.67. The van der Waals surface area contributed by atoms with Crippen molar-refractivity contribution in [2.45, 2.75) is 26.8 Å². The number of benzene rings is 1. The summed E-state index contributed by atoms with van der Waals surface area (Å²) >= 11 is 0. The highest BCUT2D eigenvalue weighted by Crippen LogP contribution is 2.28. The van der Waals surface area contributed by atoms with E-state index in [1.165, 1.54) is 0 Å². The van der Waals surface area contributed by atoms with E-state index in [0.29, 0.717) is 11.3 Å². The summed E-state index contributed by atoms with van der Waals surface area (Å²) in [4.78, 5) is 0. The maximum absolute atomic E-state index is 8.91. The number of nitrogens with two attached hydrogens (primary N) is 1. The van der Waals surface area contributed by atoms with Crippen molar-refractivity contribution in [2.24, 2.45) is 0 Å². The van der Waals surface area contributed by atoms with Gasteiger partial charge in [-0.1, -0.05) is 6.07 Å². The molecule has 5 heteroatoms. The number of rotatable bonds is 3. The van der Waals surface area contributed by atoms with Crippen molar-refractivity contribution in [1.29, 1.82) is 5.26 Å². The van der Waals surface area contributed by atoms with Crippen LogP contribution >= 0.6 is 0 Å². The molecule has 1 aromatic heterocycles. The van der Waals surface area contributed by atoms with E-state index >= 15 is 0 Å². The number of nitrogens with one attached hydrogen (secondary N) is 1. The molecule has 5 nitrogen and oxygen atoms in total. The van der Waals surface area contributed by atoms with Gasteiger partial charge in [0.1, 0.15) is 0 Å². The van der Waals surface area contributed by atoms with Gasteiger partial charge in [-0.3, -0.25) is 0 Å². The molecule has 0 amide bonds. The lowest BCUT2D eigenvalue weighted by Crippen LogP contribution is -2.08. The second kappa shape index (κ2) is 5.02. The minimum absolute atomic E-state index is 0.206. The SMILES string of the molecule is Cc1nn(C(C)C)c(Nc2cccc(C#N)c2)c1N. The molecule has 0 unspecified atom stereocenters. The molecule has 0 atom stereocenters. The zero-order chi connectivity index (χ0) is 14.0. The first kappa shape index (κ1) is 13.0. The number of aromatic nitrogens is 2. The zero-order valence-corrected chi connectivity index (χ0v) is 11.3. The van der Waals surface area contributed by atoms with Gasteiger partial charge >= 0.3 is 0 Å². The Morgan fingerprint density at radius 3 is 2.79 bits per heavy atom. The minimum atomic E-state index is 0.206. The first-order chi connectivity index (χ1) is 9.02. The highest BCUT2D eigenvalue weighted by atomic mass is 15.4.